The molecular weight excluding hydrogens is 188 g/mol. The third-order valence-corrected chi connectivity index (χ3v) is 2.50. The zero-order valence-electron chi connectivity index (χ0n) is 7.61. The standard InChI is InChI=1S/C6H11NO3P.Na/c1-3-9-11(8,6-5-7)10-4-2;/h6H,3-4H2,1-2H3;/q-1;+1. The fourth-order valence-corrected chi connectivity index (χ4v) is 1.63. The summed E-state index contributed by atoms with van der Waals surface area (Å²) in [7, 11) is -3.21. The Balaban J connectivity index is 0. The number of hydrogen-bond acceptors (Lipinski definition) is 4. The van der Waals surface area contributed by atoms with Gasteiger partial charge < -0.3 is 9.05 Å². The van der Waals surface area contributed by atoms with Crippen LogP contribution >= 0.6 is 7.60 Å². The average molecular weight is 199 g/mol. The van der Waals surface area contributed by atoms with Crippen LogP contribution in [0.25, 0.3) is 0 Å². The van der Waals surface area contributed by atoms with Crippen LogP contribution in [0.3, 0.4) is 0 Å². The number of nitrogens with zero attached hydrogens (tertiary/aromatic N) is 1. The van der Waals surface area contributed by atoms with Gasteiger partial charge in [-0.1, -0.05) is 6.07 Å². The van der Waals surface area contributed by atoms with E-state index < -0.39 is 7.60 Å². The molecule has 0 aromatic carbocycles. The van der Waals surface area contributed by atoms with Gasteiger partial charge in [0.1, 0.15) is 0 Å². The molecule has 0 heterocycles. The monoisotopic (exact) mass is 199 g/mol. The molecule has 0 aromatic rings. The average Bonchev–Trinajstić information content (AvgIpc) is 1.88. The first-order chi connectivity index (χ1) is 5.18. The van der Waals surface area contributed by atoms with E-state index in [1.54, 1.807) is 19.9 Å². The maximum atomic E-state index is 11.3. The molecule has 0 saturated heterocycles. The molecule has 0 bridgehead atoms. The number of nitriles is 1. The summed E-state index contributed by atoms with van der Waals surface area (Å²) in [4.78, 5) is 0. The van der Waals surface area contributed by atoms with Crippen LogP contribution in [0.5, 0.6) is 0 Å². The van der Waals surface area contributed by atoms with E-state index in [1.807, 2.05) is 0 Å². The van der Waals surface area contributed by atoms with E-state index >= 15 is 0 Å². The second-order valence-corrected chi connectivity index (χ2v) is 3.49. The van der Waals surface area contributed by atoms with Gasteiger partial charge in [0, 0.05) is 0 Å². The van der Waals surface area contributed by atoms with Crippen molar-refractivity contribution in [2.24, 2.45) is 0 Å². The predicted octanol–water partition coefficient (Wildman–Crippen LogP) is -1.06. The predicted molar refractivity (Wildman–Crippen MR) is 40.8 cm³/mol. The molecular formula is C6H11NNaO3P. The van der Waals surface area contributed by atoms with E-state index in [0.29, 0.717) is 0 Å². The molecule has 0 spiro atoms. The smallest absolute Gasteiger partial charge is 0.329 e. The van der Waals surface area contributed by atoms with Crippen molar-refractivity contribution in [2.75, 3.05) is 13.2 Å². The Hall–Kier alpha value is 0.510. The van der Waals surface area contributed by atoms with Gasteiger partial charge in [-0.3, -0.25) is 4.57 Å². The number of rotatable bonds is 5. The first kappa shape index (κ1) is 15.0. The summed E-state index contributed by atoms with van der Waals surface area (Å²) in [6, 6.07) is 1.64. The second-order valence-electron chi connectivity index (χ2n) is 1.63. The van der Waals surface area contributed by atoms with Gasteiger partial charge in [-0.2, -0.15) is 6.16 Å². The van der Waals surface area contributed by atoms with Crippen LogP contribution in [0, 0.1) is 17.5 Å². The Labute approximate surface area is 95.1 Å². The van der Waals surface area contributed by atoms with E-state index in [0.717, 1.165) is 6.16 Å². The Kier molecular flexibility index (Phi) is 10.2. The van der Waals surface area contributed by atoms with Crippen molar-refractivity contribution >= 4 is 7.60 Å². The fourth-order valence-electron chi connectivity index (χ4n) is 0.542. The number of hydrogen-bond donors (Lipinski definition) is 0. The quantitative estimate of drug-likeness (QED) is 0.322. The third-order valence-electron chi connectivity index (χ3n) is 0.834. The minimum absolute atomic E-state index is 0. The molecule has 6 heteroatoms. The first-order valence-corrected chi connectivity index (χ1v) is 4.92. The molecule has 0 fully saturated rings. The molecule has 0 aliphatic rings. The minimum Gasteiger partial charge on any atom is -0.329 e. The van der Waals surface area contributed by atoms with E-state index in [-0.39, 0.29) is 42.8 Å². The van der Waals surface area contributed by atoms with Crippen LogP contribution in [0.1, 0.15) is 13.8 Å². The molecule has 0 saturated carbocycles. The van der Waals surface area contributed by atoms with Crippen LogP contribution in [0.2, 0.25) is 0 Å². The van der Waals surface area contributed by atoms with Crippen molar-refractivity contribution in [1.82, 2.24) is 0 Å². The van der Waals surface area contributed by atoms with Crippen LogP contribution < -0.4 is 29.6 Å². The Bertz CT molecular complexity index is 182. The molecule has 0 atom stereocenters. The Morgan fingerprint density at radius 1 is 1.42 bits per heavy atom. The van der Waals surface area contributed by atoms with Gasteiger partial charge in [0.15, 0.2) is 0 Å². The van der Waals surface area contributed by atoms with Gasteiger partial charge >= 0.3 is 29.6 Å². The minimum atomic E-state index is -3.21. The van der Waals surface area contributed by atoms with E-state index in [9.17, 15) is 4.57 Å². The van der Waals surface area contributed by atoms with Gasteiger partial charge in [0.05, 0.1) is 13.2 Å². The maximum Gasteiger partial charge on any atom is 1.00 e. The molecule has 0 unspecified atom stereocenters. The molecule has 0 aliphatic carbocycles. The van der Waals surface area contributed by atoms with Crippen molar-refractivity contribution in [3.63, 3.8) is 0 Å². The van der Waals surface area contributed by atoms with Crippen molar-refractivity contribution in [3.05, 3.63) is 6.16 Å². The van der Waals surface area contributed by atoms with Gasteiger partial charge in [-0.15, -0.1) is 0 Å². The molecule has 12 heavy (non-hydrogen) atoms. The summed E-state index contributed by atoms with van der Waals surface area (Å²) >= 11 is 0. The Morgan fingerprint density at radius 2 is 1.83 bits per heavy atom. The molecule has 64 valence electrons. The molecule has 0 N–H and O–H groups in total. The van der Waals surface area contributed by atoms with E-state index in [4.69, 9.17) is 14.3 Å². The van der Waals surface area contributed by atoms with Gasteiger partial charge in [0.25, 0.3) is 0 Å². The summed E-state index contributed by atoms with van der Waals surface area (Å²) in [5, 5.41) is 8.22. The van der Waals surface area contributed by atoms with Crippen molar-refractivity contribution in [1.29, 1.82) is 5.26 Å². The molecule has 4 nitrogen and oxygen atoms in total. The third kappa shape index (κ3) is 6.07. The van der Waals surface area contributed by atoms with Crippen LogP contribution in [0.4, 0.5) is 0 Å². The molecule has 0 rings (SSSR count). The van der Waals surface area contributed by atoms with Crippen molar-refractivity contribution in [2.45, 2.75) is 13.8 Å². The summed E-state index contributed by atoms with van der Waals surface area (Å²) in [5.41, 5.74) is 0. The Morgan fingerprint density at radius 3 is 2.08 bits per heavy atom. The van der Waals surface area contributed by atoms with Gasteiger partial charge in [-0.05, 0) is 13.8 Å². The summed E-state index contributed by atoms with van der Waals surface area (Å²) in [6.45, 7) is 3.93. The zero-order chi connectivity index (χ0) is 8.74. The fraction of sp³-hybridized carbons (Fsp3) is 0.667. The molecule has 0 amide bonds. The molecule has 0 radical (unpaired) electrons. The van der Waals surface area contributed by atoms with Crippen LogP contribution in [0.15, 0.2) is 0 Å². The topological polar surface area (TPSA) is 59.3 Å². The van der Waals surface area contributed by atoms with E-state index in [2.05, 4.69) is 0 Å². The second kappa shape index (κ2) is 8.12. The summed E-state index contributed by atoms with van der Waals surface area (Å²) < 4.78 is 20.8. The maximum absolute atomic E-state index is 11.3. The van der Waals surface area contributed by atoms with Crippen molar-refractivity contribution in [3.8, 4) is 6.07 Å². The van der Waals surface area contributed by atoms with Gasteiger partial charge in [0.2, 0.25) is 7.60 Å². The molecule has 0 aliphatic heterocycles. The SMILES string of the molecule is CCOP(=O)([CH-]C#N)OCC.[Na+]. The van der Waals surface area contributed by atoms with Crippen LogP contribution in [-0.2, 0) is 13.6 Å². The van der Waals surface area contributed by atoms with Gasteiger partial charge in [-0.25, -0.2) is 5.26 Å². The van der Waals surface area contributed by atoms with Crippen molar-refractivity contribution < 1.29 is 43.2 Å². The normalized spacial score (nSPS) is 9.75. The molecule has 0 aromatic heterocycles. The van der Waals surface area contributed by atoms with Crippen LogP contribution in [-0.4, -0.2) is 13.2 Å². The zero-order valence-corrected chi connectivity index (χ0v) is 10.5. The summed E-state index contributed by atoms with van der Waals surface area (Å²) in [6.07, 6.45) is 0.903. The summed E-state index contributed by atoms with van der Waals surface area (Å²) in [5.74, 6) is 0. The first-order valence-electron chi connectivity index (χ1n) is 3.31. The largest absolute Gasteiger partial charge is 1.00 e. The van der Waals surface area contributed by atoms with E-state index in [1.165, 1.54) is 0 Å².